The SMILES string of the molecule is CCCc1ccncc1-c1nc(-c2ccsc2)cs1. The van der Waals surface area contributed by atoms with Gasteiger partial charge in [0.15, 0.2) is 0 Å². The molecule has 19 heavy (non-hydrogen) atoms. The van der Waals surface area contributed by atoms with Crippen molar-refractivity contribution < 1.29 is 0 Å². The molecule has 3 aromatic heterocycles. The lowest BCUT2D eigenvalue weighted by molar-refractivity contribution is 0.920. The Kier molecular flexibility index (Phi) is 3.71. The Labute approximate surface area is 120 Å². The lowest BCUT2D eigenvalue weighted by atomic mass is 10.1. The van der Waals surface area contributed by atoms with Crippen LogP contribution in [-0.4, -0.2) is 9.97 Å². The average molecular weight is 286 g/mol. The van der Waals surface area contributed by atoms with Gasteiger partial charge < -0.3 is 0 Å². The van der Waals surface area contributed by atoms with E-state index in [0.717, 1.165) is 23.5 Å². The number of aryl methyl sites for hydroxylation is 1. The van der Waals surface area contributed by atoms with E-state index >= 15 is 0 Å². The molecule has 0 aliphatic rings. The van der Waals surface area contributed by atoms with Crippen LogP contribution in [0.5, 0.6) is 0 Å². The number of hydrogen-bond acceptors (Lipinski definition) is 4. The van der Waals surface area contributed by atoms with Crippen molar-refractivity contribution in [3.63, 3.8) is 0 Å². The van der Waals surface area contributed by atoms with Gasteiger partial charge in [-0.05, 0) is 29.5 Å². The van der Waals surface area contributed by atoms with E-state index in [9.17, 15) is 0 Å². The van der Waals surface area contributed by atoms with Crippen molar-refractivity contribution in [2.75, 3.05) is 0 Å². The second-order valence-electron chi connectivity index (χ2n) is 4.33. The van der Waals surface area contributed by atoms with Crippen molar-refractivity contribution in [1.82, 2.24) is 9.97 Å². The molecule has 0 saturated carbocycles. The number of rotatable bonds is 4. The van der Waals surface area contributed by atoms with Gasteiger partial charge in [0.25, 0.3) is 0 Å². The summed E-state index contributed by atoms with van der Waals surface area (Å²) in [7, 11) is 0. The molecule has 96 valence electrons. The van der Waals surface area contributed by atoms with Crippen LogP contribution >= 0.6 is 22.7 Å². The summed E-state index contributed by atoms with van der Waals surface area (Å²) >= 11 is 3.40. The highest BCUT2D eigenvalue weighted by atomic mass is 32.1. The van der Waals surface area contributed by atoms with E-state index in [1.165, 1.54) is 16.7 Å². The molecule has 0 saturated heterocycles. The minimum absolute atomic E-state index is 1.06. The molecule has 2 nitrogen and oxygen atoms in total. The average Bonchev–Trinajstić information content (AvgIpc) is 3.11. The first kappa shape index (κ1) is 12.5. The molecule has 0 atom stereocenters. The molecule has 3 heterocycles. The fourth-order valence-corrected chi connectivity index (χ4v) is 3.57. The van der Waals surface area contributed by atoms with Gasteiger partial charge in [-0.15, -0.1) is 11.3 Å². The highest BCUT2D eigenvalue weighted by Crippen LogP contribution is 2.31. The van der Waals surface area contributed by atoms with E-state index in [4.69, 9.17) is 4.98 Å². The maximum Gasteiger partial charge on any atom is 0.125 e. The second-order valence-corrected chi connectivity index (χ2v) is 5.97. The van der Waals surface area contributed by atoms with Crippen LogP contribution in [0.15, 0.2) is 40.7 Å². The van der Waals surface area contributed by atoms with Gasteiger partial charge in [-0.2, -0.15) is 11.3 Å². The van der Waals surface area contributed by atoms with E-state index in [0.29, 0.717) is 0 Å². The van der Waals surface area contributed by atoms with E-state index in [1.807, 2.05) is 12.4 Å². The highest BCUT2D eigenvalue weighted by molar-refractivity contribution is 7.13. The first-order valence-corrected chi connectivity index (χ1v) is 8.12. The Balaban J connectivity index is 1.99. The van der Waals surface area contributed by atoms with Gasteiger partial charge in [0.05, 0.1) is 5.69 Å². The maximum absolute atomic E-state index is 4.75. The molecule has 0 aliphatic heterocycles. The highest BCUT2D eigenvalue weighted by Gasteiger charge is 2.10. The molecule has 0 aliphatic carbocycles. The van der Waals surface area contributed by atoms with Crippen molar-refractivity contribution in [3.05, 3.63) is 46.2 Å². The smallest absolute Gasteiger partial charge is 0.125 e. The molecule has 0 spiro atoms. The largest absolute Gasteiger partial charge is 0.264 e. The molecule has 3 aromatic rings. The van der Waals surface area contributed by atoms with Gasteiger partial charge in [0, 0.05) is 34.3 Å². The first-order valence-electron chi connectivity index (χ1n) is 6.30. The van der Waals surface area contributed by atoms with Crippen molar-refractivity contribution in [2.45, 2.75) is 19.8 Å². The van der Waals surface area contributed by atoms with Gasteiger partial charge >= 0.3 is 0 Å². The Morgan fingerprint density at radius 2 is 2.16 bits per heavy atom. The predicted octanol–water partition coefficient (Wildman–Crippen LogP) is 4.89. The van der Waals surface area contributed by atoms with E-state index < -0.39 is 0 Å². The number of thiophene rings is 1. The summed E-state index contributed by atoms with van der Waals surface area (Å²) in [6.07, 6.45) is 6.01. The van der Waals surface area contributed by atoms with Gasteiger partial charge in [0.1, 0.15) is 5.01 Å². The van der Waals surface area contributed by atoms with Crippen LogP contribution in [-0.2, 0) is 6.42 Å². The third kappa shape index (κ3) is 2.60. The molecule has 0 amide bonds. The van der Waals surface area contributed by atoms with Crippen molar-refractivity contribution in [2.24, 2.45) is 0 Å². The monoisotopic (exact) mass is 286 g/mol. The standard InChI is InChI=1S/C15H14N2S2/c1-2-3-11-4-6-16-8-13(11)15-17-14(10-19-15)12-5-7-18-9-12/h4-10H,2-3H2,1H3. The quantitative estimate of drug-likeness (QED) is 0.682. The summed E-state index contributed by atoms with van der Waals surface area (Å²) in [6, 6.07) is 4.21. The first-order chi connectivity index (χ1) is 9.38. The fourth-order valence-electron chi connectivity index (χ4n) is 2.04. The molecular formula is C15H14N2S2. The number of pyridine rings is 1. The van der Waals surface area contributed by atoms with Crippen LogP contribution in [0.4, 0.5) is 0 Å². The molecule has 0 fully saturated rings. The van der Waals surface area contributed by atoms with E-state index in [-0.39, 0.29) is 0 Å². The van der Waals surface area contributed by atoms with Crippen molar-refractivity contribution in [3.8, 4) is 21.8 Å². The Bertz CT molecular complexity index is 656. The zero-order valence-electron chi connectivity index (χ0n) is 10.7. The molecule has 4 heteroatoms. The summed E-state index contributed by atoms with van der Waals surface area (Å²) in [4.78, 5) is 9.00. The van der Waals surface area contributed by atoms with Crippen molar-refractivity contribution in [1.29, 1.82) is 0 Å². The number of hydrogen-bond donors (Lipinski definition) is 0. The van der Waals surface area contributed by atoms with Crippen molar-refractivity contribution >= 4 is 22.7 Å². The molecule has 0 aromatic carbocycles. The lowest BCUT2D eigenvalue weighted by Gasteiger charge is -2.04. The van der Waals surface area contributed by atoms with Gasteiger partial charge in [-0.25, -0.2) is 4.98 Å². The summed E-state index contributed by atoms with van der Waals surface area (Å²) < 4.78 is 0. The second kappa shape index (κ2) is 5.63. The third-order valence-corrected chi connectivity index (χ3v) is 4.54. The van der Waals surface area contributed by atoms with Crippen LogP contribution in [0.1, 0.15) is 18.9 Å². The number of thiazole rings is 1. The molecule has 0 N–H and O–H groups in total. The molecular weight excluding hydrogens is 272 g/mol. The normalized spacial score (nSPS) is 10.8. The van der Waals surface area contributed by atoms with Crippen LogP contribution < -0.4 is 0 Å². The minimum Gasteiger partial charge on any atom is -0.264 e. The van der Waals surface area contributed by atoms with E-state index in [2.05, 4.69) is 40.2 Å². The third-order valence-electron chi connectivity index (χ3n) is 2.98. The molecule has 0 bridgehead atoms. The zero-order valence-corrected chi connectivity index (χ0v) is 12.3. The Hall–Kier alpha value is -1.52. The van der Waals surface area contributed by atoms with Gasteiger partial charge in [-0.1, -0.05) is 13.3 Å². The number of aromatic nitrogens is 2. The Morgan fingerprint density at radius 1 is 1.21 bits per heavy atom. The van der Waals surface area contributed by atoms with Gasteiger partial charge in [0.2, 0.25) is 0 Å². The maximum atomic E-state index is 4.75. The molecule has 0 radical (unpaired) electrons. The summed E-state index contributed by atoms with van der Waals surface area (Å²) in [5.74, 6) is 0. The van der Waals surface area contributed by atoms with Crippen LogP contribution in [0.3, 0.4) is 0 Å². The molecule has 0 unspecified atom stereocenters. The zero-order chi connectivity index (χ0) is 13.1. The van der Waals surface area contributed by atoms with E-state index in [1.54, 1.807) is 22.7 Å². The summed E-state index contributed by atoms with van der Waals surface area (Å²) in [6.45, 7) is 2.20. The predicted molar refractivity (Wildman–Crippen MR) is 82.7 cm³/mol. The lowest BCUT2D eigenvalue weighted by Crippen LogP contribution is -1.90. The fraction of sp³-hybridized carbons (Fsp3) is 0.200. The van der Waals surface area contributed by atoms with Crippen LogP contribution in [0.2, 0.25) is 0 Å². The number of nitrogens with zero attached hydrogens (tertiary/aromatic N) is 2. The van der Waals surface area contributed by atoms with Crippen LogP contribution in [0, 0.1) is 0 Å². The summed E-state index contributed by atoms with van der Waals surface area (Å²) in [5, 5.41) is 7.41. The minimum atomic E-state index is 1.06. The molecule has 3 rings (SSSR count). The van der Waals surface area contributed by atoms with Crippen LogP contribution in [0.25, 0.3) is 21.8 Å². The van der Waals surface area contributed by atoms with Gasteiger partial charge in [-0.3, -0.25) is 4.98 Å². The Morgan fingerprint density at radius 3 is 2.95 bits per heavy atom. The summed E-state index contributed by atoms with van der Waals surface area (Å²) in [5.41, 5.74) is 4.78. The topological polar surface area (TPSA) is 25.8 Å².